The fraction of sp³-hybridized carbons (Fsp3) is 0.120. The first-order valence-electron chi connectivity index (χ1n) is 10.3. The van der Waals surface area contributed by atoms with Crippen LogP contribution in [0.4, 0.5) is 0 Å². The van der Waals surface area contributed by atoms with E-state index in [4.69, 9.17) is 51.1 Å². The van der Waals surface area contributed by atoms with Gasteiger partial charge in [-0.2, -0.15) is 0 Å². The van der Waals surface area contributed by atoms with Crippen LogP contribution in [0.25, 0.3) is 22.1 Å². The number of aryl methyl sites for hydroxylation is 2. The maximum atomic E-state index is 9.61. The van der Waals surface area contributed by atoms with Gasteiger partial charge in [-0.1, -0.05) is 76.7 Å². The molecule has 0 radical (unpaired) electrons. The Morgan fingerprint density at radius 2 is 1.26 bits per heavy atom. The number of aromatic hydroxyl groups is 1. The first-order valence-corrected chi connectivity index (χ1v) is 11.8. The predicted molar refractivity (Wildman–Crippen MR) is 141 cm³/mol. The summed E-state index contributed by atoms with van der Waals surface area (Å²) in [5.74, 6) is 0.429. The van der Waals surface area contributed by atoms with Gasteiger partial charge in [-0.05, 0) is 31.5 Å². The molecule has 0 aliphatic heterocycles. The summed E-state index contributed by atoms with van der Waals surface area (Å²) >= 11 is 24.0. The van der Waals surface area contributed by atoms with Crippen LogP contribution >= 0.6 is 46.4 Å². The zero-order chi connectivity index (χ0) is 25.1. The standard InChI is InChI=1S/C16H12Cl2N2O.C9H6Cl2N2O/c1-10-8-19-14-12(17)7-13(18)16(15(14)20-10)21-9-11-5-3-2-4-6-11;1-4-3-12-7-5(10)2-6(11)9(14)8(7)13-4/h2-8H,9H2,1H3;2-3,14H,1H3. The molecule has 3 aromatic carbocycles. The van der Waals surface area contributed by atoms with Crippen molar-refractivity contribution >= 4 is 68.5 Å². The van der Waals surface area contributed by atoms with Crippen molar-refractivity contribution in [1.82, 2.24) is 19.9 Å². The van der Waals surface area contributed by atoms with Crippen LogP contribution in [-0.4, -0.2) is 25.0 Å². The van der Waals surface area contributed by atoms with E-state index < -0.39 is 0 Å². The number of rotatable bonds is 3. The van der Waals surface area contributed by atoms with Gasteiger partial charge in [0.2, 0.25) is 0 Å². The molecule has 0 saturated carbocycles. The molecule has 1 N–H and O–H groups in total. The third-order valence-electron chi connectivity index (χ3n) is 4.85. The van der Waals surface area contributed by atoms with E-state index in [-0.39, 0.29) is 10.8 Å². The van der Waals surface area contributed by atoms with E-state index in [1.54, 1.807) is 25.4 Å². The monoisotopic (exact) mass is 546 g/mol. The molecule has 0 fully saturated rings. The summed E-state index contributed by atoms with van der Waals surface area (Å²) in [6.07, 6.45) is 3.25. The minimum absolute atomic E-state index is 0.0812. The first-order chi connectivity index (χ1) is 16.7. The summed E-state index contributed by atoms with van der Waals surface area (Å²) in [7, 11) is 0. The average molecular weight is 548 g/mol. The van der Waals surface area contributed by atoms with Crippen LogP contribution in [-0.2, 0) is 6.61 Å². The number of fused-ring (bicyclic) bond motifs is 2. The largest absolute Gasteiger partial charge is 0.504 e. The minimum Gasteiger partial charge on any atom is -0.504 e. The van der Waals surface area contributed by atoms with Gasteiger partial charge in [0.25, 0.3) is 0 Å². The molecular formula is C25H18Cl4N4O2. The lowest BCUT2D eigenvalue weighted by Gasteiger charge is -2.11. The lowest BCUT2D eigenvalue weighted by atomic mass is 10.2. The summed E-state index contributed by atoms with van der Waals surface area (Å²) in [5.41, 5.74) is 4.51. The second-order valence-corrected chi connectivity index (χ2v) is 9.18. The Balaban J connectivity index is 0.000000179. The Morgan fingerprint density at radius 3 is 1.89 bits per heavy atom. The number of hydrogen-bond donors (Lipinski definition) is 1. The smallest absolute Gasteiger partial charge is 0.166 e. The van der Waals surface area contributed by atoms with Gasteiger partial charge in [0, 0.05) is 12.4 Å². The summed E-state index contributed by atoms with van der Waals surface area (Å²) in [6, 6.07) is 12.9. The fourth-order valence-corrected chi connectivity index (χ4v) is 4.27. The van der Waals surface area contributed by atoms with Crippen molar-refractivity contribution in [3.8, 4) is 11.5 Å². The van der Waals surface area contributed by atoms with E-state index in [9.17, 15) is 5.11 Å². The van der Waals surface area contributed by atoms with Gasteiger partial charge in [-0.25, -0.2) is 9.97 Å². The van der Waals surface area contributed by atoms with Crippen molar-refractivity contribution in [3.63, 3.8) is 0 Å². The normalized spacial score (nSPS) is 10.8. The van der Waals surface area contributed by atoms with Crippen molar-refractivity contribution in [3.05, 3.63) is 91.9 Å². The Hall–Kier alpha value is -2.90. The molecular weight excluding hydrogens is 530 g/mol. The molecule has 0 aliphatic rings. The minimum atomic E-state index is -0.0812. The molecule has 0 amide bonds. The second-order valence-electron chi connectivity index (χ2n) is 7.55. The molecule has 0 aliphatic carbocycles. The first kappa shape index (κ1) is 25.2. The highest BCUT2D eigenvalue weighted by Gasteiger charge is 2.15. The number of phenols is 1. The molecule has 0 unspecified atom stereocenters. The van der Waals surface area contributed by atoms with Gasteiger partial charge < -0.3 is 9.84 Å². The van der Waals surface area contributed by atoms with Crippen molar-refractivity contribution < 1.29 is 9.84 Å². The summed E-state index contributed by atoms with van der Waals surface area (Å²) < 4.78 is 5.85. The third kappa shape index (κ3) is 5.68. The second kappa shape index (κ2) is 10.8. The van der Waals surface area contributed by atoms with E-state index >= 15 is 0 Å². The highest BCUT2D eigenvalue weighted by Crippen LogP contribution is 2.37. The van der Waals surface area contributed by atoms with Crippen molar-refractivity contribution in [1.29, 1.82) is 0 Å². The molecule has 5 rings (SSSR count). The highest BCUT2D eigenvalue weighted by atomic mass is 35.5. The van der Waals surface area contributed by atoms with E-state index in [2.05, 4.69) is 19.9 Å². The van der Waals surface area contributed by atoms with Crippen molar-refractivity contribution in [2.45, 2.75) is 20.5 Å². The summed E-state index contributed by atoms with van der Waals surface area (Å²) in [4.78, 5) is 16.9. The molecule has 2 aromatic heterocycles. The fourth-order valence-electron chi connectivity index (χ4n) is 3.21. The molecule has 5 aromatic rings. The number of aromatic nitrogens is 4. The van der Waals surface area contributed by atoms with E-state index in [1.165, 1.54) is 6.07 Å². The van der Waals surface area contributed by atoms with E-state index in [1.807, 2.05) is 37.3 Å². The molecule has 35 heavy (non-hydrogen) atoms. The zero-order valence-electron chi connectivity index (χ0n) is 18.6. The molecule has 10 heteroatoms. The maximum Gasteiger partial charge on any atom is 0.166 e. The molecule has 0 saturated heterocycles. The predicted octanol–water partition coefficient (Wildman–Crippen LogP) is 7.77. The van der Waals surface area contributed by atoms with Crippen LogP contribution in [0.2, 0.25) is 20.1 Å². The summed E-state index contributed by atoms with van der Waals surface area (Å²) in [5, 5.41) is 11.1. The Bertz CT molecular complexity index is 1530. The Morgan fingerprint density at radius 1 is 0.714 bits per heavy atom. The topological polar surface area (TPSA) is 81.0 Å². The SMILES string of the molecule is Cc1cnc2c(Cl)cc(Cl)c(O)c2n1.Cc1cnc2c(Cl)cc(Cl)c(OCc3ccccc3)c2n1. The number of nitrogens with zero attached hydrogens (tertiary/aromatic N) is 4. The van der Waals surface area contributed by atoms with Gasteiger partial charge >= 0.3 is 0 Å². The van der Waals surface area contributed by atoms with Crippen LogP contribution in [0.3, 0.4) is 0 Å². The van der Waals surface area contributed by atoms with Crippen LogP contribution in [0.1, 0.15) is 17.0 Å². The zero-order valence-corrected chi connectivity index (χ0v) is 21.6. The molecule has 178 valence electrons. The summed E-state index contributed by atoms with van der Waals surface area (Å²) in [6.45, 7) is 4.05. The quantitative estimate of drug-likeness (QED) is 0.248. The van der Waals surface area contributed by atoms with Crippen LogP contribution in [0, 0.1) is 13.8 Å². The number of phenolic OH excluding ortho intramolecular Hbond substituents is 1. The van der Waals surface area contributed by atoms with Gasteiger partial charge in [0.15, 0.2) is 11.5 Å². The third-order valence-corrected chi connectivity index (χ3v) is 6.00. The molecule has 2 heterocycles. The van der Waals surface area contributed by atoms with E-state index in [0.29, 0.717) is 55.2 Å². The highest BCUT2D eigenvalue weighted by molar-refractivity contribution is 6.40. The van der Waals surface area contributed by atoms with Gasteiger partial charge in [-0.3, -0.25) is 9.97 Å². The van der Waals surface area contributed by atoms with Gasteiger partial charge in [0.1, 0.15) is 28.7 Å². The number of ether oxygens (including phenoxy) is 1. The lowest BCUT2D eigenvalue weighted by molar-refractivity contribution is 0.309. The van der Waals surface area contributed by atoms with Crippen molar-refractivity contribution in [2.24, 2.45) is 0 Å². The Kier molecular flexibility index (Phi) is 7.77. The number of halogens is 4. The van der Waals surface area contributed by atoms with Crippen LogP contribution < -0.4 is 4.74 Å². The molecule has 0 bridgehead atoms. The van der Waals surface area contributed by atoms with Gasteiger partial charge in [0.05, 0.1) is 31.5 Å². The number of benzene rings is 3. The van der Waals surface area contributed by atoms with Crippen LogP contribution in [0.15, 0.2) is 54.9 Å². The molecule has 0 atom stereocenters. The average Bonchev–Trinajstić information content (AvgIpc) is 2.83. The molecule has 0 spiro atoms. The van der Waals surface area contributed by atoms with Crippen molar-refractivity contribution in [2.75, 3.05) is 0 Å². The molecule has 6 nitrogen and oxygen atoms in total. The van der Waals surface area contributed by atoms with Gasteiger partial charge in [-0.15, -0.1) is 0 Å². The Labute approximate surface area is 221 Å². The number of hydrogen-bond acceptors (Lipinski definition) is 6. The van der Waals surface area contributed by atoms with E-state index in [0.717, 1.165) is 11.3 Å². The van der Waals surface area contributed by atoms with Crippen LogP contribution in [0.5, 0.6) is 11.5 Å². The lowest BCUT2D eigenvalue weighted by Crippen LogP contribution is -1.99. The maximum absolute atomic E-state index is 9.61.